The second-order valence-corrected chi connectivity index (χ2v) is 1.26. The average Bonchev–Trinajstić information content (AvgIpc) is 1.88. The molecule has 0 spiro atoms. The maximum Gasteiger partial charge on any atom is 0.289 e. The number of nitriles is 2. The molecule has 0 N–H and O–H groups in total. The van der Waals surface area contributed by atoms with E-state index in [0.29, 0.717) is 6.42 Å². The SMILES string of the molecule is CCC(OC#N)OC#N. The third kappa shape index (κ3) is 3.19. The molecular weight excluding hydrogens is 120 g/mol. The van der Waals surface area contributed by atoms with Crippen molar-refractivity contribution < 1.29 is 9.47 Å². The minimum absolute atomic E-state index is 0.487. The molecule has 0 fully saturated rings. The molecule has 9 heavy (non-hydrogen) atoms. The Bertz CT molecular complexity index is 128. The molecular formula is C5H6N2O2. The molecule has 0 saturated heterocycles. The number of nitrogens with zero attached hydrogens (tertiary/aromatic N) is 2. The van der Waals surface area contributed by atoms with Crippen LogP contribution in [0.4, 0.5) is 0 Å². The summed E-state index contributed by atoms with van der Waals surface area (Å²) in [4.78, 5) is 0. The molecule has 0 heterocycles. The zero-order chi connectivity index (χ0) is 7.11. The van der Waals surface area contributed by atoms with Gasteiger partial charge in [-0.15, -0.1) is 0 Å². The van der Waals surface area contributed by atoms with Gasteiger partial charge >= 0.3 is 0 Å². The Morgan fingerprint density at radius 1 is 1.33 bits per heavy atom. The van der Waals surface area contributed by atoms with Crippen LogP contribution in [-0.2, 0) is 9.47 Å². The van der Waals surface area contributed by atoms with Gasteiger partial charge in [0.1, 0.15) is 0 Å². The van der Waals surface area contributed by atoms with Gasteiger partial charge in [-0.25, -0.2) is 0 Å². The van der Waals surface area contributed by atoms with Crippen LogP contribution >= 0.6 is 0 Å². The summed E-state index contributed by atoms with van der Waals surface area (Å²) >= 11 is 0. The largest absolute Gasteiger partial charge is 0.384 e. The lowest BCUT2D eigenvalue weighted by molar-refractivity contribution is -0.0452. The molecule has 4 heteroatoms. The van der Waals surface area contributed by atoms with E-state index in [0.717, 1.165) is 0 Å². The molecule has 0 aliphatic carbocycles. The molecule has 0 aliphatic rings. The summed E-state index contributed by atoms with van der Waals surface area (Å²) in [5, 5.41) is 15.9. The van der Waals surface area contributed by atoms with Crippen molar-refractivity contribution in [2.75, 3.05) is 0 Å². The van der Waals surface area contributed by atoms with E-state index in [4.69, 9.17) is 10.5 Å². The molecule has 0 aromatic carbocycles. The summed E-state index contributed by atoms with van der Waals surface area (Å²) in [5.41, 5.74) is 0. The summed E-state index contributed by atoms with van der Waals surface area (Å²) in [6, 6.07) is 0. The highest BCUT2D eigenvalue weighted by molar-refractivity contribution is 4.57. The van der Waals surface area contributed by atoms with E-state index in [1.807, 2.05) is 0 Å². The molecule has 0 amide bonds. The standard InChI is InChI=1S/C5H6N2O2/c1-2-5(8-3-6)9-4-7/h5H,2H2,1H3. The van der Waals surface area contributed by atoms with E-state index < -0.39 is 6.29 Å². The van der Waals surface area contributed by atoms with Crippen LogP contribution in [0.1, 0.15) is 13.3 Å². The van der Waals surface area contributed by atoms with Crippen LogP contribution in [0.25, 0.3) is 0 Å². The van der Waals surface area contributed by atoms with E-state index in [-0.39, 0.29) is 0 Å². The number of hydrogen-bond acceptors (Lipinski definition) is 4. The Kier molecular flexibility index (Phi) is 3.99. The van der Waals surface area contributed by atoms with E-state index in [2.05, 4.69) is 9.47 Å². The molecule has 0 unspecified atom stereocenters. The summed E-state index contributed by atoms with van der Waals surface area (Å²) in [5.74, 6) is 0. The normalized spacial score (nSPS) is 7.56. The zero-order valence-corrected chi connectivity index (χ0v) is 5.00. The Morgan fingerprint density at radius 2 is 1.78 bits per heavy atom. The highest BCUT2D eigenvalue weighted by Gasteiger charge is 2.04. The molecule has 4 nitrogen and oxygen atoms in total. The van der Waals surface area contributed by atoms with Gasteiger partial charge in [0.05, 0.1) is 0 Å². The van der Waals surface area contributed by atoms with E-state index >= 15 is 0 Å². The van der Waals surface area contributed by atoms with Gasteiger partial charge in [-0.2, -0.15) is 10.5 Å². The van der Waals surface area contributed by atoms with Gasteiger partial charge in [0.2, 0.25) is 0 Å². The van der Waals surface area contributed by atoms with Crippen LogP contribution in [0.15, 0.2) is 0 Å². The Morgan fingerprint density at radius 3 is 2.00 bits per heavy atom. The predicted octanol–water partition coefficient (Wildman–Crippen LogP) is 0.718. The van der Waals surface area contributed by atoms with E-state index in [1.165, 1.54) is 12.5 Å². The maximum atomic E-state index is 7.93. The molecule has 0 aromatic heterocycles. The topological polar surface area (TPSA) is 66.0 Å². The van der Waals surface area contributed by atoms with Gasteiger partial charge in [0, 0.05) is 6.42 Å². The number of rotatable bonds is 3. The molecule has 0 aliphatic heterocycles. The summed E-state index contributed by atoms with van der Waals surface area (Å²) in [7, 11) is 0. The molecule has 0 bridgehead atoms. The highest BCUT2D eigenvalue weighted by Crippen LogP contribution is 1.96. The maximum absolute atomic E-state index is 7.93. The third-order valence-electron chi connectivity index (χ3n) is 0.702. The van der Waals surface area contributed by atoms with Gasteiger partial charge < -0.3 is 9.47 Å². The van der Waals surface area contributed by atoms with Crippen molar-refractivity contribution in [2.24, 2.45) is 0 Å². The van der Waals surface area contributed by atoms with Crippen molar-refractivity contribution in [3.8, 4) is 12.5 Å². The first kappa shape index (κ1) is 7.58. The quantitative estimate of drug-likeness (QED) is 0.412. The monoisotopic (exact) mass is 126 g/mol. The minimum atomic E-state index is -0.708. The summed E-state index contributed by atoms with van der Waals surface area (Å²) in [6.45, 7) is 1.75. The van der Waals surface area contributed by atoms with Gasteiger partial charge in [0.15, 0.2) is 0 Å². The molecule has 48 valence electrons. The van der Waals surface area contributed by atoms with Crippen LogP contribution < -0.4 is 0 Å². The molecule has 0 saturated carbocycles. The number of hydrogen-bond donors (Lipinski definition) is 0. The fraction of sp³-hybridized carbons (Fsp3) is 0.600. The summed E-state index contributed by atoms with van der Waals surface area (Å²) in [6.07, 6.45) is 2.63. The lowest BCUT2D eigenvalue weighted by Gasteiger charge is -2.04. The fourth-order valence-electron chi connectivity index (χ4n) is 0.308. The first-order valence-corrected chi connectivity index (χ1v) is 2.44. The molecule has 0 aromatic rings. The van der Waals surface area contributed by atoms with Crippen LogP contribution in [0.5, 0.6) is 0 Å². The van der Waals surface area contributed by atoms with Crippen molar-refractivity contribution in [1.82, 2.24) is 0 Å². The van der Waals surface area contributed by atoms with Gasteiger partial charge in [-0.1, -0.05) is 6.92 Å². The Labute approximate surface area is 53.2 Å². The van der Waals surface area contributed by atoms with Crippen molar-refractivity contribution in [2.45, 2.75) is 19.6 Å². The average molecular weight is 126 g/mol. The van der Waals surface area contributed by atoms with Crippen molar-refractivity contribution in [1.29, 1.82) is 10.5 Å². The van der Waals surface area contributed by atoms with Crippen LogP contribution in [0.3, 0.4) is 0 Å². The lowest BCUT2D eigenvalue weighted by Crippen LogP contribution is -2.09. The minimum Gasteiger partial charge on any atom is -0.384 e. The third-order valence-corrected chi connectivity index (χ3v) is 0.702. The fourth-order valence-corrected chi connectivity index (χ4v) is 0.308. The van der Waals surface area contributed by atoms with Crippen molar-refractivity contribution >= 4 is 0 Å². The van der Waals surface area contributed by atoms with Crippen LogP contribution in [-0.4, -0.2) is 6.29 Å². The van der Waals surface area contributed by atoms with Crippen LogP contribution in [0, 0.1) is 23.0 Å². The lowest BCUT2D eigenvalue weighted by atomic mass is 10.5. The first-order chi connectivity index (χ1) is 4.35. The van der Waals surface area contributed by atoms with E-state index in [9.17, 15) is 0 Å². The second kappa shape index (κ2) is 4.73. The second-order valence-electron chi connectivity index (χ2n) is 1.26. The van der Waals surface area contributed by atoms with Crippen molar-refractivity contribution in [3.05, 3.63) is 0 Å². The summed E-state index contributed by atoms with van der Waals surface area (Å²) < 4.78 is 8.58. The molecule has 0 atom stereocenters. The Hall–Kier alpha value is -1.42. The Balaban J connectivity index is 3.47. The molecule has 0 rings (SSSR count). The molecule has 0 radical (unpaired) electrons. The van der Waals surface area contributed by atoms with Crippen molar-refractivity contribution in [3.63, 3.8) is 0 Å². The predicted molar refractivity (Wildman–Crippen MR) is 27.5 cm³/mol. The van der Waals surface area contributed by atoms with Crippen LogP contribution in [0.2, 0.25) is 0 Å². The van der Waals surface area contributed by atoms with E-state index in [1.54, 1.807) is 6.92 Å². The van der Waals surface area contributed by atoms with Gasteiger partial charge in [-0.05, 0) is 0 Å². The number of ether oxygens (including phenoxy) is 2. The first-order valence-electron chi connectivity index (χ1n) is 2.44. The smallest absolute Gasteiger partial charge is 0.289 e. The van der Waals surface area contributed by atoms with Gasteiger partial charge in [-0.3, -0.25) is 0 Å². The highest BCUT2D eigenvalue weighted by atomic mass is 16.7. The zero-order valence-electron chi connectivity index (χ0n) is 5.00. The van der Waals surface area contributed by atoms with Gasteiger partial charge in [0.25, 0.3) is 18.8 Å².